The first-order valence-corrected chi connectivity index (χ1v) is 9.10. The predicted octanol–water partition coefficient (Wildman–Crippen LogP) is 2.99. The third-order valence-corrected chi connectivity index (χ3v) is 4.47. The lowest BCUT2D eigenvalue weighted by Gasteiger charge is -2.19. The van der Waals surface area contributed by atoms with E-state index in [9.17, 15) is 14.4 Å². The van der Waals surface area contributed by atoms with Gasteiger partial charge in [0.05, 0.1) is 12.1 Å². The Morgan fingerprint density at radius 3 is 2.56 bits per heavy atom. The minimum Gasteiger partial charge on any atom is -0.374 e. The van der Waals surface area contributed by atoms with Crippen molar-refractivity contribution in [3.63, 3.8) is 0 Å². The van der Waals surface area contributed by atoms with E-state index in [1.165, 1.54) is 11.3 Å². The number of hydrogen-bond acceptors (Lipinski definition) is 9. The van der Waals surface area contributed by atoms with E-state index in [-0.39, 0.29) is 19.3 Å². The highest BCUT2D eigenvalue weighted by Crippen LogP contribution is 2.23. The molecule has 27 heavy (non-hydrogen) atoms. The van der Waals surface area contributed by atoms with E-state index in [1.807, 2.05) is 41.6 Å². The van der Waals surface area contributed by atoms with Crippen molar-refractivity contribution in [2.24, 2.45) is 10.2 Å². The Hall–Kier alpha value is -3.14. The number of rotatable bonds is 7. The first-order chi connectivity index (χ1) is 13.0. The van der Waals surface area contributed by atoms with Crippen molar-refractivity contribution in [2.75, 3.05) is 18.5 Å². The fraction of sp³-hybridized carbons (Fsp3) is 0.294. The van der Waals surface area contributed by atoms with Crippen molar-refractivity contribution < 1.29 is 19.2 Å². The number of carbonyl (C=O) groups excluding carboxylic acids is 3. The van der Waals surface area contributed by atoms with Crippen molar-refractivity contribution in [1.82, 2.24) is 10.0 Å². The highest BCUT2D eigenvalue weighted by molar-refractivity contribution is 7.13. The van der Waals surface area contributed by atoms with E-state index in [0.29, 0.717) is 22.4 Å². The van der Waals surface area contributed by atoms with E-state index >= 15 is 0 Å². The summed E-state index contributed by atoms with van der Waals surface area (Å²) >= 11 is 1.40. The summed E-state index contributed by atoms with van der Waals surface area (Å²) in [7, 11) is 1.82. The van der Waals surface area contributed by atoms with Gasteiger partial charge in [-0.3, -0.25) is 9.59 Å². The second-order valence-electron chi connectivity index (χ2n) is 5.75. The van der Waals surface area contributed by atoms with E-state index in [2.05, 4.69) is 15.2 Å². The molecule has 0 N–H and O–H groups in total. The van der Waals surface area contributed by atoms with Gasteiger partial charge in [0.2, 0.25) is 5.13 Å². The standard InChI is InChI=1S/C17H17N5O4S/c1-21(10-8-16(25)26-22-14(23)6-7-15(22)24)13-4-2-12(3-5-13)19-20-17-18-9-11-27-17/h2-5,9,11H,6-8,10H2,1H3. The molecule has 1 saturated heterocycles. The number of azo groups is 1. The molecule has 2 aromatic rings. The molecule has 0 spiro atoms. The van der Waals surface area contributed by atoms with Crippen molar-refractivity contribution in [2.45, 2.75) is 19.3 Å². The largest absolute Gasteiger partial charge is 0.374 e. The molecule has 1 aromatic carbocycles. The SMILES string of the molecule is CN(CCC(=O)ON1C(=O)CCC1=O)c1ccc(N=Nc2nccs2)cc1. The van der Waals surface area contributed by atoms with Crippen LogP contribution in [-0.2, 0) is 19.2 Å². The summed E-state index contributed by atoms with van der Waals surface area (Å²) in [6.07, 6.45) is 1.87. The monoisotopic (exact) mass is 387 g/mol. The fourth-order valence-electron chi connectivity index (χ4n) is 2.33. The van der Waals surface area contributed by atoms with Crippen LogP contribution in [0.4, 0.5) is 16.5 Å². The van der Waals surface area contributed by atoms with Gasteiger partial charge in [-0.25, -0.2) is 9.78 Å². The Morgan fingerprint density at radius 1 is 1.22 bits per heavy atom. The average molecular weight is 387 g/mol. The van der Waals surface area contributed by atoms with Crippen LogP contribution in [0.1, 0.15) is 19.3 Å². The number of imide groups is 1. The van der Waals surface area contributed by atoms with Gasteiger partial charge < -0.3 is 9.74 Å². The molecule has 0 radical (unpaired) electrons. The molecule has 0 saturated carbocycles. The molecule has 10 heteroatoms. The van der Waals surface area contributed by atoms with Gasteiger partial charge in [0, 0.05) is 43.7 Å². The predicted molar refractivity (Wildman–Crippen MR) is 97.8 cm³/mol. The molecule has 1 aromatic heterocycles. The van der Waals surface area contributed by atoms with Crippen LogP contribution in [0.15, 0.2) is 46.1 Å². The number of hydroxylamine groups is 2. The van der Waals surface area contributed by atoms with Crippen molar-refractivity contribution in [3.8, 4) is 0 Å². The molecule has 0 bridgehead atoms. The summed E-state index contributed by atoms with van der Waals surface area (Å²) in [5.74, 6) is -1.59. The first kappa shape index (κ1) is 18.6. The zero-order valence-corrected chi connectivity index (χ0v) is 15.4. The Balaban J connectivity index is 1.49. The molecular weight excluding hydrogens is 370 g/mol. The lowest BCUT2D eigenvalue weighted by molar-refractivity contribution is -0.197. The van der Waals surface area contributed by atoms with E-state index in [0.717, 1.165) is 5.69 Å². The maximum atomic E-state index is 11.9. The number of benzene rings is 1. The molecule has 1 fully saturated rings. The summed E-state index contributed by atoms with van der Waals surface area (Å²) in [4.78, 5) is 45.5. The van der Waals surface area contributed by atoms with Gasteiger partial charge >= 0.3 is 5.97 Å². The van der Waals surface area contributed by atoms with Crippen LogP contribution in [0.5, 0.6) is 0 Å². The number of thiazole rings is 1. The van der Waals surface area contributed by atoms with Crippen LogP contribution >= 0.6 is 11.3 Å². The fourth-order valence-corrected chi connectivity index (χ4v) is 2.79. The Labute approximate surface area is 159 Å². The molecule has 1 aliphatic heterocycles. The van der Waals surface area contributed by atoms with E-state index in [4.69, 9.17) is 4.84 Å². The van der Waals surface area contributed by atoms with Gasteiger partial charge in [0.25, 0.3) is 11.8 Å². The third-order valence-electron chi connectivity index (χ3n) is 3.81. The quantitative estimate of drug-likeness (QED) is 0.534. The molecular formula is C17H17N5O4S. The first-order valence-electron chi connectivity index (χ1n) is 8.22. The van der Waals surface area contributed by atoms with Crippen molar-refractivity contribution in [1.29, 1.82) is 0 Å². The minimum absolute atomic E-state index is 0.0407. The Bertz CT molecular complexity index is 835. The van der Waals surface area contributed by atoms with Crippen LogP contribution in [0, 0.1) is 0 Å². The Morgan fingerprint density at radius 2 is 1.93 bits per heavy atom. The van der Waals surface area contributed by atoms with Gasteiger partial charge in [-0.2, -0.15) is 0 Å². The summed E-state index contributed by atoms with van der Waals surface area (Å²) in [6.45, 7) is 0.370. The summed E-state index contributed by atoms with van der Waals surface area (Å²) in [5, 5.41) is 11.1. The Kier molecular flexibility index (Phi) is 5.87. The summed E-state index contributed by atoms with van der Waals surface area (Å²) in [5.41, 5.74) is 1.57. The number of carbonyl (C=O) groups is 3. The molecule has 1 aliphatic rings. The highest BCUT2D eigenvalue weighted by Gasteiger charge is 2.32. The van der Waals surface area contributed by atoms with Crippen LogP contribution in [-0.4, -0.2) is 41.4 Å². The van der Waals surface area contributed by atoms with Gasteiger partial charge in [-0.1, -0.05) is 0 Å². The van der Waals surface area contributed by atoms with Crippen molar-refractivity contribution in [3.05, 3.63) is 35.8 Å². The van der Waals surface area contributed by atoms with Crippen LogP contribution in [0.2, 0.25) is 0 Å². The van der Waals surface area contributed by atoms with Crippen LogP contribution < -0.4 is 4.90 Å². The minimum atomic E-state index is -0.626. The lowest BCUT2D eigenvalue weighted by atomic mass is 10.2. The smallest absolute Gasteiger partial charge is 0.334 e. The average Bonchev–Trinajstić information content (AvgIpc) is 3.30. The lowest BCUT2D eigenvalue weighted by Crippen LogP contribution is -2.33. The molecule has 0 unspecified atom stereocenters. The number of nitrogens with zero attached hydrogens (tertiary/aromatic N) is 5. The zero-order valence-electron chi connectivity index (χ0n) is 14.6. The van der Waals surface area contributed by atoms with Gasteiger partial charge in [0.15, 0.2) is 0 Å². The van der Waals surface area contributed by atoms with Crippen LogP contribution in [0.3, 0.4) is 0 Å². The molecule has 9 nitrogen and oxygen atoms in total. The van der Waals surface area contributed by atoms with E-state index in [1.54, 1.807) is 6.20 Å². The second-order valence-corrected chi connectivity index (χ2v) is 6.62. The van der Waals surface area contributed by atoms with Crippen LogP contribution in [0.25, 0.3) is 0 Å². The number of amides is 2. The van der Waals surface area contributed by atoms with Gasteiger partial charge in [-0.15, -0.1) is 26.6 Å². The molecule has 2 amide bonds. The van der Waals surface area contributed by atoms with E-state index < -0.39 is 17.8 Å². The summed E-state index contributed by atoms with van der Waals surface area (Å²) < 4.78 is 0. The van der Waals surface area contributed by atoms with Gasteiger partial charge in [0.1, 0.15) is 0 Å². The van der Waals surface area contributed by atoms with Gasteiger partial charge in [-0.05, 0) is 24.3 Å². The molecule has 0 aliphatic carbocycles. The second kappa shape index (κ2) is 8.49. The number of hydrogen-bond donors (Lipinski definition) is 0. The zero-order chi connectivity index (χ0) is 19.2. The highest BCUT2D eigenvalue weighted by atomic mass is 32.1. The number of anilines is 1. The molecule has 2 heterocycles. The maximum Gasteiger partial charge on any atom is 0.334 e. The normalized spacial score (nSPS) is 14.2. The maximum absolute atomic E-state index is 11.9. The third kappa shape index (κ3) is 4.94. The van der Waals surface area contributed by atoms with Crippen molar-refractivity contribution >= 4 is 45.6 Å². The topological polar surface area (TPSA) is 105 Å². The molecule has 0 atom stereocenters. The molecule has 3 rings (SSSR count). The summed E-state index contributed by atoms with van der Waals surface area (Å²) in [6, 6.07) is 7.33. The number of aromatic nitrogens is 1. The molecule has 140 valence electrons.